The lowest BCUT2D eigenvalue weighted by molar-refractivity contribution is -0.116. The van der Waals surface area contributed by atoms with Gasteiger partial charge in [-0.05, 0) is 32.9 Å². The molecular weight excluding hydrogens is 233 g/mol. The highest BCUT2D eigenvalue weighted by atomic mass is 16.1. The molecule has 0 atom stereocenters. The Kier molecular flexibility index (Phi) is 8.89. The highest BCUT2D eigenvalue weighted by molar-refractivity contribution is 6.29. The fourth-order valence-corrected chi connectivity index (χ4v) is 1.36. The third-order valence-corrected chi connectivity index (χ3v) is 2.21. The molecule has 0 fully saturated rings. The zero-order valence-corrected chi connectivity index (χ0v) is 11.8. The smallest absolute Gasteiger partial charge is 0.254 e. The monoisotopic (exact) mass is 253 g/mol. The number of carbonyl (C=O) groups is 1. The molecule has 0 heterocycles. The van der Waals surface area contributed by atoms with Crippen LogP contribution in [0.15, 0.2) is 71.9 Å². The van der Waals surface area contributed by atoms with E-state index in [1.54, 1.807) is 25.2 Å². The first-order chi connectivity index (χ1) is 9.10. The maximum absolute atomic E-state index is 12.1. The number of hydrogen-bond donors (Lipinski definition) is 1. The van der Waals surface area contributed by atoms with E-state index < -0.39 is 0 Å². The second-order valence-electron chi connectivity index (χ2n) is 3.66. The zero-order valence-electron chi connectivity index (χ0n) is 11.8. The molecule has 0 aliphatic carbocycles. The van der Waals surface area contributed by atoms with Crippen molar-refractivity contribution in [2.24, 2.45) is 0 Å². The molecule has 0 spiro atoms. The molecule has 0 bridgehead atoms. The maximum atomic E-state index is 12.1. The Hall–Kier alpha value is -2.03. The van der Waals surface area contributed by atoms with Crippen LogP contribution in [-0.2, 0) is 4.79 Å². The van der Waals surface area contributed by atoms with Crippen molar-refractivity contribution in [1.82, 2.24) is 5.32 Å². The summed E-state index contributed by atoms with van der Waals surface area (Å²) in [4.78, 5) is 12.1. The van der Waals surface area contributed by atoms with Crippen LogP contribution < -0.4 is 5.32 Å². The second kappa shape index (κ2) is 9.95. The molecule has 0 aliphatic rings. The van der Waals surface area contributed by atoms with Gasteiger partial charge < -0.3 is 5.32 Å². The molecular formula is C16H20BNO. The van der Waals surface area contributed by atoms with Gasteiger partial charge in [-0.1, -0.05) is 48.5 Å². The molecule has 98 valence electrons. The van der Waals surface area contributed by atoms with Crippen molar-refractivity contribution in [2.75, 3.05) is 0 Å². The number of amides is 1. The lowest BCUT2D eigenvalue weighted by Crippen LogP contribution is -2.24. The molecule has 3 heteroatoms. The quantitative estimate of drug-likeness (QED) is 0.439. The summed E-state index contributed by atoms with van der Waals surface area (Å²) in [6.07, 6.45) is 14.1. The van der Waals surface area contributed by atoms with Crippen LogP contribution in [0.1, 0.15) is 20.8 Å². The van der Waals surface area contributed by atoms with Crippen LogP contribution >= 0.6 is 0 Å². The molecule has 0 aliphatic heterocycles. The Balaban J connectivity index is 5.10. The number of rotatable bonds is 6. The predicted molar refractivity (Wildman–Crippen MR) is 83.6 cm³/mol. The van der Waals surface area contributed by atoms with E-state index in [0.29, 0.717) is 16.7 Å². The van der Waals surface area contributed by atoms with Gasteiger partial charge in [-0.2, -0.15) is 0 Å². The normalized spacial score (nSPS) is 14.2. The lowest BCUT2D eigenvalue weighted by Gasteiger charge is -2.09. The van der Waals surface area contributed by atoms with Crippen LogP contribution in [-0.4, -0.2) is 13.8 Å². The Bertz CT molecular complexity index is 465. The molecule has 0 saturated heterocycles. The van der Waals surface area contributed by atoms with Gasteiger partial charge in [0, 0.05) is 11.3 Å². The van der Waals surface area contributed by atoms with E-state index >= 15 is 0 Å². The molecule has 2 nitrogen and oxygen atoms in total. The van der Waals surface area contributed by atoms with Crippen LogP contribution in [0.4, 0.5) is 0 Å². The third-order valence-electron chi connectivity index (χ3n) is 2.21. The summed E-state index contributed by atoms with van der Waals surface area (Å²) < 4.78 is 0. The van der Waals surface area contributed by atoms with Crippen molar-refractivity contribution >= 4 is 13.8 Å². The molecule has 0 unspecified atom stereocenters. The Morgan fingerprint density at radius 2 is 1.84 bits per heavy atom. The van der Waals surface area contributed by atoms with Crippen LogP contribution in [0.2, 0.25) is 0 Å². The second-order valence-corrected chi connectivity index (χ2v) is 3.66. The average molecular weight is 253 g/mol. The van der Waals surface area contributed by atoms with Gasteiger partial charge in [-0.3, -0.25) is 4.79 Å². The highest BCUT2D eigenvalue weighted by Gasteiger charge is 2.09. The summed E-state index contributed by atoms with van der Waals surface area (Å²) in [6, 6.07) is 0. The van der Waals surface area contributed by atoms with Crippen LogP contribution in [0.5, 0.6) is 0 Å². The van der Waals surface area contributed by atoms with Crippen molar-refractivity contribution in [3.8, 4) is 0 Å². The maximum Gasteiger partial charge on any atom is 0.254 e. The van der Waals surface area contributed by atoms with Gasteiger partial charge in [0.2, 0.25) is 0 Å². The van der Waals surface area contributed by atoms with Gasteiger partial charge in [0.25, 0.3) is 5.91 Å². The van der Waals surface area contributed by atoms with E-state index in [1.165, 1.54) is 0 Å². The first-order valence-corrected chi connectivity index (χ1v) is 6.12. The first-order valence-electron chi connectivity index (χ1n) is 6.12. The van der Waals surface area contributed by atoms with Gasteiger partial charge in [0.15, 0.2) is 0 Å². The average Bonchev–Trinajstić information content (AvgIpc) is 2.37. The van der Waals surface area contributed by atoms with E-state index in [1.807, 2.05) is 44.2 Å². The van der Waals surface area contributed by atoms with Crippen molar-refractivity contribution < 1.29 is 4.79 Å². The highest BCUT2D eigenvalue weighted by Crippen LogP contribution is 2.08. The molecule has 2 radical (unpaired) electrons. The van der Waals surface area contributed by atoms with Crippen molar-refractivity contribution in [1.29, 1.82) is 0 Å². The van der Waals surface area contributed by atoms with Gasteiger partial charge in [0.05, 0.1) is 0 Å². The van der Waals surface area contributed by atoms with Crippen LogP contribution in [0.3, 0.4) is 0 Å². The molecule has 0 aromatic carbocycles. The van der Waals surface area contributed by atoms with E-state index in [-0.39, 0.29) is 5.91 Å². The van der Waals surface area contributed by atoms with Gasteiger partial charge in [-0.15, -0.1) is 0 Å². The number of carbonyl (C=O) groups excluding carboxylic acids is 1. The number of nitrogens with one attached hydrogen (secondary N) is 1. The van der Waals surface area contributed by atoms with Crippen molar-refractivity contribution in [3.63, 3.8) is 0 Å². The minimum absolute atomic E-state index is 0.244. The Labute approximate surface area is 117 Å². The van der Waals surface area contributed by atoms with Crippen LogP contribution in [0.25, 0.3) is 0 Å². The summed E-state index contributed by atoms with van der Waals surface area (Å²) >= 11 is 0. The van der Waals surface area contributed by atoms with E-state index in [2.05, 4.69) is 11.9 Å². The Morgan fingerprint density at radius 3 is 2.32 bits per heavy atom. The molecule has 0 aromatic heterocycles. The summed E-state index contributed by atoms with van der Waals surface area (Å²) in [5.74, 6) is -0.244. The summed E-state index contributed by atoms with van der Waals surface area (Å²) in [5.41, 5.74) is 1.52. The minimum Gasteiger partial charge on any atom is -0.322 e. The number of hydrogen-bond acceptors (Lipinski definition) is 1. The summed E-state index contributed by atoms with van der Waals surface area (Å²) in [5, 5.41) is 2.80. The Morgan fingerprint density at radius 1 is 1.16 bits per heavy atom. The molecule has 19 heavy (non-hydrogen) atoms. The first kappa shape index (κ1) is 17.0. The largest absolute Gasteiger partial charge is 0.322 e. The SMILES string of the molecule is [B]C(=C/C=C)/C(=C\C)C(=O)NC(/C=C\C)=C/C=C\C. The predicted octanol–water partition coefficient (Wildman–Crippen LogP) is 3.32. The third kappa shape index (κ3) is 6.46. The van der Waals surface area contributed by atoms with E-state index in [4.69, 9.17) is 7.85 Å². The number of allylic oxidation sites excluding steroid dienone is 8. The lowest BCUT2D eigenvalue weighted by atomic mass is 9.87. The standard InChI is InChI=1S/C16H20BNO/c1-5-9-12-13(10-6-2)18-16(19)14(8-4)15(17)11-7-3/h5-12H,3H2,1-2,4H3,(H,18,19)/b9-5-,10-6-,13-12+,14-8+,15-11+. The van der Waals surface area contributed by atoms with E-state index in [0.717, 1.165) is 0 Å². The minimum atomic E-state index is -0.244. The van der Waals surface area contributed by atoms with Crippen molar-refractivity contribution in [3.05, 3.63) is 71.9 Å². The summed E-state index contributed by atoms with van der Waals surface area (Å²) in [6.45, 7) is 9.13. The molecule has 1 N–H and O–H groups in total. The molecule has 0 rings (SSSR count). The topological polar surface area (TPSA) is 29.1 Å². The summed E-state index contributed by atoms with van der Waals surface area (Å²) in [7, 11) is 5.80. The fraction of sp³-hybridized carbons (Fsp3) is 0.188. The van der Waals surface area contributed by atoms with Gasteiger partial charge >= 0.3 is 0 Å². The van der Waals surface area contributed by atoms with Crippen LogP contribution in [0, 0.1) is 0 Å². The molecule has 0 aromatic rings. The van der Waals surface area contributed by atoms with Gasteiger partial charge in [0.1, 0.15) is 7.85 Å². The zero-order chi connectivity index (χ0) is 14.7. The van der Waals surface area contributed by atoms with Gasteiger partial charge in [-0.25, -0.2) is 0 Å². The fourth-order valence-electron chi connectivity index (χ4n) is 1.36. The van der Waals surface area contributed by atoms with Crippen molar-refractivity contribution in [2.45, 2.75) is 20.8 Å². The molecule has 1 amide bonds. The molecule has 0 saturated carbocycles. The van der Waals surface area contributed by atoms with E-state index in [9.17, 15) is 4.79 Å².